The third-order valence-electron chi connectivity index (χ3n) is 3.91. The van der Waals surface area contributed by atoms with Gasteiger partial charge in [0.2, 0.25) is 0 Å². The molecule has 5 nitrogen and oxygen atoms in total. The zero-order valence-corrected chi connectivity index (χ0v) is 11.9. The highest BCUT2D eigenvalue weighted by Gasteiger charge is 2.48. The number of rotatable bonds is 4. The second kappa shape index (κ2) is 5.80. The number of hydrogen-bond acceptors (Lipinski definition) is 3. The van der Waals surface area contributed by atoms with Crippen molar-refractivity contribution in [3.63, 3.8) is 0 Å². The molecular weight excluding hydrogens is 316 g/mol. The molecule has 1 unspecified atom stereocenters. The molecule has 1 amide bonds. The van der Waals surface area contributed by atoms with Gasteiger partial charge < -0.3 is 10.6 Å². The summed E-state index contributed by atoms with van der Waals surface area (Å²) in [6.45, 7) is -2.26. The van der Waals surface area contributed by atoms with Crippen LogP contribution in [0, 0.1) is 5.92 Å². The van der Waals surface area contributed by atoms with Crippen LogP contribution in [0.5, 0.6) is 0 Å². The largest absolute Gasteiger partial charge is 0.333 e. The van der Waals surface area contributed by atoms with E-state index in [2.05, 4.69) is 15.7 Å². The molecule has 2 heterocycles. The average Bonchev–Trinajstić information content (AvgIpc) is 3.16. The number of nitrogens with one attached hydrogen (secondary N) is 2. The predicted octanol–water partition coefficient (Wildman–Crippen LogP) is 2.61. The van der Waals surface area contributed by atoms with Crippen molar-refractivity contribution in [1.82, 2.24) is 15.1 Å². The normalized spacial score (nSPS) is 18.7. The van der Waals surface area contributed by atoms with Crippen LogP contribution in [-0.2, 0) is 4.79 Å². The molecule has 1 aromatic carbocycles. The van der Waals surface area contributed by atoms with Crippen LogP contribution in [0.2, 0.25) is 0 Å². The molecule has 9 heteroatoms. The van der Waals surface area contributed by atoms with Crippen molar-refractivity contribution in [3.8, 4) is 0 Å². The minimum absolute atomic E-state index is 0.0839. The number of nitrogens with zero attached hydrogens (tertiary/aromatic N) is 2. The van der Waals surface area contributed by atoms with Gasteiger partial charge in [-0.25, -0.2) is 4.68 Å². The van der Waals surface area contributed by atoms with E-state index < -0.39 is 24.3 Å². The Balaban J connectivity index is 1.79. The van der Waals surface area contributed by atoms with E-state index >= 15 is 0 Å². The molecule has 124 valence electrons. The molecule has 1 aliphatic heterocycles. The van der Waals surface area contributed by atoms with Crippen LogP contribution in [-0.4, -0.2) is 34.7 Å². The summed E-state index contributed by atoms with van der Waals surface area (Å²) in [7, 11) is 0. The number of alkyl halides is 4. The van der Waals surface area contributed by atoms with Crippen LogP contribution in [0.1, 0.15) is 13.0 Å². The van der Waals surface area contributed by atoms with Gasteiger partial charge in [0.15, 0.2) is 0 Å². The van der Waals surface area contributed by atoms with E-state index in [4.69, 9.17) is 0 Å². The van der Waals surface area contributed by atoms with Crippen LogP contribution in [0.25, 0.3) is 10.9 Å². The van der Waals surface area contributed by atoms with Crippen molar-refractivity contribution in [3.05, 3.63) is 24.4 Å². The Morgan fingerprint density at radius 2 is 2.22 bits per heavy atom. The number of fused-ring (bicyclic) bond motifs is 1. The lowest BCUT2D eigenvalue weighted by atomic mass is 10.00. The second-order valence-corrected chi connectivity index (χ2v) is 5.41. The molecule has 3 rings (SSSR count). The minimum Gasteiger partial charge on any atom is -0.321 e. The van der Waals surface area contributed by atoms with Crippen LogP contribution in [0.15, 0.2) is 24.4 Å². The standard InChI is InChI=1S/C14H14F4N4O/c15-13(16)22-11-2-1-10(5-8(11)6-20-22)21-12(23)14(17,18)9-3-4-19-7-9/h1-2,5-6,9,13,19H,3-4,7H2,(H,21,23). The molecule has 0 radical (unpaired) electrons. The van der Waals surface area contributed by atoms with Crippen molar-refractivity contribution in [2.24, 2.45) is 5.92 Å². The fourth-order valence-corrected chi connectivity index (χ4v) is 2.65. The minimum atomic E-state index is -3.49. The summed E-state index contributed by atoms with van der Waals surface area (Å²) >= 11 is 0. The van der Waals surface area contributed by atoms with E-state index in [1.54, 1.807) is 0 Å². The number of hydrogen-bond donors (Lipinski definition) is 2. The van der Waals surface area contributed by atoms with Gasteiger partial charge >= 0.3 is 12.5 Å². The first kappa shape index (κ1) is 15.7. The summed E-state index contributed by atoms with van der Waals surface area (Å²) in [4.78, 5) is 11.8. The number of halogens is 4. The summed E-state index contributed by atoms with van der Waals surface area (Å²) in [5.74, 6) is -5.94. The van der Waals surface area contributed by atoms with Crippen LogP contribution >= 0.6 is 0 Å². The zero-order valence-electron chi connectivity index (χ0n) is 11.9. The Labute approximate surface area is 128 Å². The molecule has 1 aliphatic rings. The quantitative estimate of drug-likeness (QED) is 0.847. The topological polar surface area (TPSA) is 59.0 Å². The van der Waals surface area contributed by atoms with Crippen molar-refractivity contribution in [2.45, 2.75) is 18.9 Å². The fourth-order valence-electron chi connectivity index (χ4n) is 2.65. The molecule has 2 aromatic rings. The first-order valence-corrected chi connectivity index (χ1v) is 7.05. The zero-order chi connectivity index (χ0) is 16.6. The Morgan fingerprint density at radius 3 is 2.87 bits per heavy atom. The highest BCUT2D eigenvalue weighted by atomic mass is 19.3. The molecule has 0 saturated carbocycles. The van der Waals surface area contributed by atoms with Gasteiger partial charge in [0.05, 0.1) is 11.7 Å². The third kappa shape index (κ3) is 2.88. The molecule has 0 spiro atoms. The lowest BCUT2D eigenvalue weighted by molar-refractivity contribution is -0.146. The second-order valence-electron chi connectivity index (χ2n) is 5.41. The van der Waals surface area contributed by atoms with E-state index in [1.807, 2.05) is 0 Å². The summed E-state index contributed by atoms with van der Waals surface area (Å²) in [6, 6.07) is 3.94. The van der Waals surface area contributed by atoms with Gasteiger partial charge in [-0.15, -0.1) is 0 Å². The maximum Gasteiger partial charge on any atom is 0.333 e. The van der Waals surface area contributed by atoms with E-state index in [9.17, 15) is 22.4 Å². The lowest BCUT2D eigenvalue weighted by Crippen LogP contribution is -2.42. The first-order valence-electron chi connectivity index (χ1n) is 7.05. The maximum atomic E-state index is 14.1. The van der Waals surface area contributed by atoms with Crippen molar-refractivity contribution in [1.29, 1.82) is 0 Å². The van der Waals surface area contributed by atoms with E-state index in [0.717, 1.165) is 0 Å². The molecule has 23 heavy (non-hydrogen) atoms. The van der Waals surface area contributed by atoms with Gasteiger partial charge in [-0.1, -0.05) is 0 Å². The molecule has 1 atom stereocenters. The summed E-state index contributed by atoms with van der Waals surface area (Å²) in [6.07, 6.45) is 1.41. The monoisotopic (exact) mass is 330 g/mol. The van der Waals surface area contributed by atoms with Gasteiger partial charge in [-0.2, -0.15) is 22.7 Å². The van der Waals surface area contributed by atoms with Crippen LogP contribution in [0.4, 0.5) is 23.2 Å². The third-order valence-corrected chi connectivity index (χ3v) is 3.91. The Bertz CT molecular complexity index is 725. The number of carbonyl (C=O) groups is 1. The Hall–Kier alpha value is -2.16. The van der Waals surface area contributed by atoms with Crippen LogP contribution in [0.3, 0.4) is 0 Å². The molecule has 2 N–H and O–H groups in total. The molecule has 0 bridgehead atoms. The average molecular weight is 330 g/mol. The number of aromatic nitrogens is 2. The highest BCUT2D eigenvalue weighted by Crippen LogP contribution is 2.31. The SMILES string of the molecule is O=C(Nc1ccc2c(cnn2C(F)F)c1)C(F)(F)C1CCNC1. The first-order chi connectivity index (χ1) is 10.9. The van der Waals surface area contributed by atoms with E-state index in [0.29, 0.717) is 16.6 Å². The highest BCUT2D eigenvalue weighted by molar-refractivity contribution is 5.98. The number of benzene rings is 1. The number of amides is 1. The maximum absolute atomic E-state index is 14.1. The Kier molecular flexibility index (Phi) is 3.97. The summed E-state index contributed by atoms with van der Waals surface area (Å²) in [5, 5.41) is 8.79. The number of carbonyl (C=O) groups excluding carboxylic acids is 1. The van der Waals surface area contributed by atoms with Gasteiger partial charge in [-0.3, -0.25) is 4.79 Å². The lowest BCUT2D eigenvalue weighted by Gasteiger charge is -2.21. The molecular formula is C14H14F4N4O. The predicted molar refractivity (Wildman–Crippen MR) is 75.5 cm³/mol. The smallest absolute Gasteiger partial charge is 0.321 e. The number of anilines is 1. The molecule has 1 saturated heterocycles. The van der Waals surface area contributed by atoms with Gasteiger partial charge in [0.1, 0.15) is 0 Å². The van der Waals surface area contributed by atoms with E-state index in [1.165, 1.54) is 24.4 Å². The fraction of sp³-hybridized carbons (Fsp3) is 0.429. The van der Waals surface area contributed by atoms with Gasteiger partial charge in [0.25, 0.3) is 5.91 Å². The summed E-state index contributed by atoms with van der Waals surface area (Å²) in [5.41, 5.74) is 0.270. The molecule has 1 aromatic heterocycles. The van der Waals surface area contributed by atoms with Gasteiger partial charge in [-0.05, 0) is 31.2 Å². The molecule has 1 fully saturated rings. The van der Waals surface area contributed by atoms with Crippen molar-refractivity contribution >= 4 is 22.5 Å². The van der Waals surface area contributed by atoms with Crippen LogP contribution < -0.4 is 10.6 Å². The van der Waals surface area contributed by atoms with Crippen molar-refractivity contribution < 1.29 is 22.4 Å². The summed E-state index contributed by atoms with van der Waals surface area (Å²) < 4.78 is 54.0. The Morgan fingerprint density at radius 1 is 1.43 bits per heavy atom. The van der Waals surface area contributed by atoms with Crippen molar-refractivity contribution in [2.75, 3.05) is 18.4 Å². The molecule has 0 aliphatic carbocycles. The van der Waals surface area contributed by atoms with E-state index in [-0.39, 0.29) is 24.2 Å². The van der Waals surface area contributed by atoms with Gasteiger partial charge in [0, 0.05) is 23.5 Å².